The fourth-order valence-electron chi connectivity index (χ4n) is 1.42. The van der Waals surface area contributed by atoms with Crippen molar-refractivity contribution in [1.82, 2.24) is 9.97 Å². The van der Waals surface area contributed by atoms with E-state index in [1.165, 1.54) is 12.4 Å². The third-order valence-corrected chi connectivity index (χ3v) is 2.57. The summed E-state index contributed by atoms with van der Waals surface area (Å²) >= 11 is 3.16. The van der Waals surface area contributed by atoms with E-state index in [0.29, 0.717) is 10.4 Å². The highest BCUT2D eigenvalue weighted by Gasteiger charge is 2.05. The molecule has 2 rings (SSSR count). The van der Waals surface area contributed by atoms with Crippen molar-refractivity contribution in [2.24, 2.45) is 0 Å². The number of rotatable bonds is 3. The SMILES string of the molecule is O=C(Cc1cccc(O)c1)Nc1cnc(Br)cn1. The molecule has 1 amide bonds. The maximum atomic E-state index is 11.7. The summed E-state index contributed by atoms with van der Waals surface area (Å²) in [7, 11) is 0. The van der Waals surface area contributed by atoms with E-state index in [1.807, 2.05) is 0 Å². The normalized spacial score (nSPS) is 10.1. The first-order chi connectivity index (χ1) is 8.63. The fourth-order valence-corrected chi connectivity index (χ4v) is 1.62. The standard InChI is InChI=1S/C12H10BrN3O2/c13-10-6-15-11(7-14-10)16-12(18)5-8-2-1-3-9(17)4-8/h1-4,6-7,17H,5H2,(H,15,16,18). The molecule has 0 spiro atoms. The lowest BCUT2D eigenvalue weighted by Gasteiger charge is -2.04. The maximum Gasteiger partial charge on any atom is 0.229 e. The van der Waals surface area contributed by atoms with Crippen LogP contribution in [0.3, 0.4) is 0 Å². The molecule has 92 valence electrons. The number of anilines is 1. The van der Waals surface area contributed by atoms with E-state index in [2.05, 4.69) is 31.2 Å². The molecule has 0 saturated heterocycles. The minimum atomic E-state index is -0.211. The number of carbonyl (C=O) groups is 1. The second-order valence-electron chi connectivity index (χ2n) is 3.62. The zero-order valence-electron chi connectivity index (χ0n) is 9.30. The molecule has 1 aromatic carbocycles. The zero-order chi connectivity index (χ0) is 13.0. The summed E-state index contributed by atoms with van der Waals surface area (Å²) < 4.78 is 0.605. The monoisotopic (exact) mass is 307 g/mol. The predicted octanol–water partition coefficient (Wildman–Crippen LogP) is 2.13. The second kappa shape index (κ2) is 5.59. The van der Waals surface area contributed by atoms with E-state index in [0.717, 1.165) is 5.56 Å². The number of hydrogen-bond donors (Lipinski definition) is 2. The topological polar surface area (TPSA) is 75.1 Å². The van der Waals surface area contributed by atoms with Gasteiger partial charge in [-0.05, 0) is 33.6 Å². The van der Waals surface area contributed by atoms with E-state index < -0.39 is 0 Å². The zero-order valence-corrected chi connectivity index (χ0v) is 10.9. The third-order valence-electron chi connectivity index (χ3n) is 2.16. The van der Waals surface area contributed by atoms with Crippen LogP contribution in [-0.4, -0.2) is 21.0 Å². The Morgan fingerprint density at radius 1 is 1.33 bits per heavy atom. The summed E-state index contributed by atoms with van der Waals surface area (Å²) in [5.74, 6) is 0.323. The number of hydrogen-bond acceptors (Lipinski definition) is 4. The Bertz CT molecular complexity index is 558. The number of aromatic hydroxyl groups is 1. The lowest BCUT2D eigenvalue weighted by molar-refractivity contribution is -0.115. The van der Waals surface area contributed by atoms with Crippen LogP contribution in [0.2, 0.25) is 0 Å². The molecule has 2 aromatic rings. The minimum absolute atomic E-state index is 0.142. The average Bonchev–Trinajstić information content (AvgIpc) is 2.32. The molecule has 2 N–H and O–H groups in total. The summed E-state index contributed by atoms with van der Waals surface area (Å²) in [6.07, 6.45) is 3.14. The first kappa shape index (κ1) is 12.5. The highest BCUT2D eigenvalue weighted by atomic mass is 79.9. The van der Waals surface area contributed by atoms with Crippen molar-refractivity contribution >= 4 is 27.7 Å². The lowest BCUT2D eigenvalue weighted by Crippen LogP contribution is -2.15. The lowest BCUT2D eigenvalue weighted by atomic mass is 10.1. The van der Waals surface area contributed by atoms with Crippen molar-refractivity contribution in [1.29, 1.82) is 0 Å². The predicted molar refractivity (Wildman–Crippen MR) is 70.2 cm³/mol. The van der Waals surface area contributed by atoms with Gasteiger partial charge in [0.15, 0.2) is 5.82 Å². The Morgan fingerprint density at radius 2 is 2.17 bits per heavy atom. The van der Waals surface area contributed by atoms with Crippen molar-refractivity contribution in [3.63, 3.8) is 0 Å². The summed E-state index contributed by atoms with van der Waals surface area (Å²) in [5.41, 5.74) is 0.734. The molecule has 5 nitrogen and oxygen atoms in total. The Hall–Kier alpha value is -1.95. The minimum Gasteiger partial charge on any atom is -0.508 e. The van der Waals surface area contributed by atoms with Gasteiger partial charge in [-0.15, -0.1) is 0 Å². The molecule has 0 aliphatic carbocycles. The highest BCUT2D eigenvalue weighted by molar-refractivity contribution is 9.10. The number of nitrogens with one attached hydrogen (secondary N) is 1. The van der Waals surface area contributed by atoms with Crippen molar-refractivity contribution in [2.75, 3.05) is 5.32 Å². The van der Waals surface area contributed by atoms with Gasteiger partial charge >= 0.3 is 0 Å². The van der Waals surface area contributed by atoms with Crippen LogP contribution in [0.1, 0.15) is 5.56 Å². The van der Waals surface area contributed by atoms with Gasteiger partial charge in [0, 0.05) is 0 Å². The van der Waals surface area contributed by atoms with Gasteiger partial charge in [0.2, 0.25) is 5.91 Å². The Labute approximate surface area is 112 Å². The van der Waals surface area contributed by atoms with E-state index in [1.54, 1.807) is 24.3 Å². The van der Waals surface area contributed by atoms with Gasteiger partial charge < -0.3 is 10.4 Å². The smallest absolute Gasteiger partial charge is 0.229 e. The van der Waals surface area contributed by atoms with Crippen LogP contribution in [-0.2, 0) is 11.2 Å². The van der Waals surface area contributed by atoms with E-state index in [9.17, 15) is 9.90 Å². The summed E-state index contributed by atoms with van der Waals surface area (Å²) in [6.45, 7) is 0. The Kier molecular flexibility index (Phi) is 3.88. The second-order valence-corrected chi connectivity index (χ2v) is 4.43. The van der Waals surface area contributed by atoms with Crippen LogP contribution >= 0.6 is 15.9 Å². The molecule has 0 saturated carbocycles. The highest BCUT2D eigenvalue weighted by Crippen LogP contribution is 2.12. The number of nitrogens with zero attached hydrogens (tertiary/aromatic N) is 2. The Balaban J connectivity index is 1.98. The van der Waals surface area contributed by atoms with Gasteiger partial charge in [-0.2, -0.15) is 0 Å². The Morgan fingerprint density at radius 3 is 2.83 bits per heavy atom. The van der Waals surface area contributed by atoms with Crippen molar-refractivity contribution in [3.8, 4) is 5.75 Å². The fraction of sp³-hybridized carbons (Fsp3) is 0.0833. The van der Waals surface area contributed by atoms with Crippen LogP contribution in [0.25, 0.3) is 0 Å². The molecule has 0 unspecified atom stereocenters. The summed E-state index contributed by atoms with van der Waals surface area (Å²) in [5, 5.41) is 11.9. The maximum absolute atomic E-state index is 11.7. The summed E-state index contributed by atoms with van der Waals surface area (Å²) in [4.78, 5) is 19.6. The molecule has 1 aromatic heterocycles. The molecule has 0 bridgehead atoms. The molecule has 0 fully saturated rings. The number of halogens is 1. The van der Waals surface area contributed by atoms with E-state index in [-0.39, 0.29) is 18.1 Å². The van der Waals surface area contributed by atoms with Crippen LogP contribution in [0, 0.1) is 0 Å². The van der Waals surface area contributed by atoms with Gasteiger partial charge in [0.25, 0.3) is 0 Å². The first-order valence-electron chi connectivity index (χ1n) is 5.19. The molecule has 1 heterocycles. The van der Waals surface area contributed by atoms with Crippen molar-refractivity contribution in [3.05, 3.63) is 46.8 Å². The van der Waals surface area contributed by atoms with Crippen molar-refractivity contribution < 1.29 is 9.90 Å². The first-order valence-corrected chi connectivity index (χ1v) is 5.98. The van der Waals surface area contributed by atoms with Gasteiger partial charge in [0.1, 0.15) is 10.4 Å². The molecule has 0 atom stereocenters. The average molecular weight is 308 g/mol. The third kappa shape index (κ3) is 3.53. The van der Waals surface area contributed by atoms with Gasteiger partial charge in [0.05, 0.1) is 18.8 Å². The molecule has 6 heteroatoms. The molecule has 0 aliphatic rings. The van der Waals surface area contributed by atoms with Gasteiger partial charge in [-0.25, -0.2) is 9.97 Å². The van der Waals surface area contributed by atoms with Crippen LogP contribution in [0.5, 0.6) is 5.75 Å². The van der Waals surface area contributed by atoms with Crippen molar-refractivity contribution in [2.45, 2.75) is 6.42 Å². The van der Waals surface area contributed by atoms with E-state index >= 15 is 0 Å². The molecular formula is C12H10BrN3O2. The molecule has 0 aliphatic heterocycles. The molecule has 18 heavy (non-hydrogen) atoms. The summed E-state index contributed by atoms with van der Waals surface area (Å²) in [6, 6.07) is 6.57. The molecule has 0 radical (unpaired) electrons. The number of phenolic OH excluding ortho intramolecular Hbond substituents is 1. The van der Waals surface area contributed by atoms with E-state index in [4.69, 9.17) is 0 Å². The number of phenols is 1. The van der Waals surface area contributed by atoms with Crippen LogP contribution in [0.4, 0.5) is 5.82 Å². The number of carbonyl (C=O) groups excluding carboxylic acids is 1. The van der Waals surface area contributed by atoms with Crippen LogP contribution < -0.4 is 5.32 Å². The van der Waals surface area contributed by atoms with Gasteiger partial charge in [-0.3, -0.25) is 4.79 Å². The number of aromatic nitrogens is 2. The number of amides is 1. The van der Waals surface area contributed by atoms with Crippen LogP contribution in [0.15, 0.2) is 41.3 Å². The molecular weight excluding hydrogens is 298 g/mol. The largest absolute Gasteiger partial charge is 0.508 e. The van der Waals surface area contributed by atoms with Gasteiger partial charge in [-0.1, -0.05) is 12.1 Å². The number of benzene rings is 1. The quantitative estimate of drug-likeness (QED) is 0.911.